The van der Waals surface area contributed by atoms with Crippen molar-refractivity contribution in [1.29, 1.82) is 5.26 Å². The molecular weight excluding hydrogens is 319 g/mol. The summed E-state index contributed by atoms with van der Waals surface area (Å²) in [5.74, 6) is 0. The van der Waals surface area contributed by atoms with Gasteiger partial charge in [0, 0.05) is 12.6 Å². The van der Waals surface area contributed by atoms with E-state index in [2.05, 4.69) is 10.0 Å². The van der Waals surface area contributed by atoms with Gasteiger partial charge in [-0.15, -0.1) is 0 Å². The van der Waals surface area contributed by atoms with Gasteiger partial charge in [-0.2, -0.15) is 18.4 Å². The number of benzene rings is 1. The molecule has 1 atom stereocenters. The van der Waals surface area contributed by atoms with E-state index in [9.17, 15) is 21.6 Å². The van der Waals surface area contributed by atoms with Crippen LogP contribution in [0.25, 0.3) is 0 Å². The Morgan fingerprint density at radius 3 is 2.50 bits per heavy atom. The Labute approximate surface area is 127 Å². The minimum absolute atomic E-state index is 0.0392. The summed E-state index contributed by atoms with van der Waals surface area (Å²) < 4.78 is 64.8. The van der Waals surface area contributed by atoms with Crippen LogP contribution in [-0.2, 0) is 16.2 Å². The lowest BCUT2D eigenvalue weighted by Gasteiger charge is -2.15. The highest BCUT2D eigenvalue weighted by atomic mass is 32.2. The van der Waals surface area contributed by atoms with Crippen LogP contribution in [0.5, 0.6) is 0 Å². The van der Waals surface area contributed by atoms with Crippen molar-refractivity contribution >= 4 is 10.0 Å². The molecule has 5 nitrogen and oxygen atoms in total. The van der Waals surface area contributed by atoms with Crippen LogP contribution in [0, 0.1) is 11.3 Å². The SMILES string of the molecule is CCN[C@H](C)CNS(=O)(=O)c1ccc(C#N)c(C(F)(F)F)c1. The van der Waals surface area contributed by atoms with Gasteiger partial charge in [-0.3, -0.25) is 0 Å². The van der Waals surface area contributed by atoms with E-state index >= 15 is 0 Å². The van der Waals surface area contributed by atoms with E-state index in [4.69, 9.17) is 5.26 Å². The first-order valence-corrected chi connectivity index (χ1v) is 7.94. The van der Waals surface area contributed by atoms with E-state index in [0.717, 1.165) is 12.1 Å². The minimum Gasteiger partial charge on any atom is -0.313 e. The Morgan fingerprint density at radius 1 is 1.36 bits per heavy atom. The van der Waals surface area contributed by atoms with E-state index in [1.165, 1.54) is 6.07 Å². The fourth-order valence-corrected chi connectivity index (χ4v) is 2.92. The maximum atomic E-state index is 12.8. The zero-order valence-corrected chi connectivity index (χ0v) is 12.8. The number of halogens is 3. The zero-order valence-electron chi connectivity index (χ0n) is 12.0. The quantitative estimate of drug-likeness (QED) is 0.831. The Morgan fingerprint density at radius 2 is 2.00 bits per heavy atom. The zero-order chi connectivity index (χ0) is 17.0. The van der Waals surface area contributed by atoms with Gasteiger partial charge < -0.3 is 5.32 Å². The first-order chi connectivity index (χ1) is 10.1. The number of hydrogen-bond acceptors (Lipinski definition) is 4. The summed E-state index contributed by atoms with van der Waals surface area (Å²) in [4.78, 5) is -0.525. The van der Waals surface area contributed by atoms with Gasteiger partial charge in [-0.1, -0.05) is 6.92 Å². The van der Waals surface area contributed by atoms with E-state index < -0.39 is 32.2 Å². The molecule has 0 unspecified atom stereocenters. The van der Waals surface area contributed by atoms with Crippen molar-refractivity contribution in [3.05, 3.63) is 29.3 Å². The summed E-state index contributed by atoms with van der Waals surface area (Å²) in [7, 11) is -4.08. The van der Waals surface area contributed by atoms with Crippen molar-refractivity contribution in [2.24, 2.45) is 0 Å². The van der Waals surface area contributed by atoms with Crippen molar-refractivity contribution in [3.8, 4) is 6.07 Å². The van der Waals surface area contributed by atoms with Crippen molar-refractivity contribution in [2.45, 2.75) is 31.0 Å². The second kappa shape index (κ2) is 7.09. The van der Waals surface area contributed by atoms with Crippen molar-refractivity contribution in [2.75, 3.05) is 13.1 Å². The largest absolute Gasteiger partial charge is 0.417 e. The predicted octanol–water partition coefficient (Wildman–Crippen LogP) is 1.85. The molecule has 0 aromatic heterocycles. The number of sulfonamides is 1. The van der Waals surface area contributed by atoms with Gasteiger partial charge in [-0.05, 0) is 31.7 Å². The summed E-state index contributed by atoms with van der Waals surface area (Å²) in [6.07, 6.45) is -4.80. The number of rotatable bonds is 6. The fourth-order valence-electron chi connectivity index (χ4n) is 1.76. The summed E-state index contributed by atoms with van der Waals surface area (Å²) in [6, 6.07) is 3.54. The molecule has 0 aliphatic carbocycles. The molecule has 9 heteroatoms. The van der Waals surface area contributed by atoms with E-state index in [0.29, 0.717) is 12.6 Å². The molecule has 0 heterocycles. The average molecular weight is 335 g/mol. The van der Waals surface area contributed by atoms with Gasteiger partial charge in [-0.25, -0.2) is 13.1 Å². The molecule has 22 heavy (non-hydrogen) atoms. The molecule has 0 amide bonds. The number of nitrogens with zero attached hydrogens (tertiary/aromatic N) is 1. The normalized spacial score (nSPS) is 13.6. The average Bonchev–Trinajstić information content (AvgIpc) is 2.44. The third-order valence-electron chi connectivity index (χ3n) is 2.86. The highest BCUT2D eigenvalue weighted by Crippen LogP contribution is 2.33. The molecule has 0 radical (unpaired) electrons. The van der Waals surface area contributed by atoms with Gasteiger partial charge >= 0.3 is 6.18 Å². The Balaban J connectivity index is 3.09. The first-order valence-electron chi connectivity index (χ1n) is 6.46. The second-order valence-corrected chi connectivity index (χ2v) is 6.39. The third kappa shape index (κ3) is 4.69. The van der Waals surface area contributed by atoms with Crippen LogP contribution < -0.4 is 10.0 Å². The molecule has 0 fully saturated rings. The number of nitrogens with one attached hydrogen (secondary N) is 2. The maximum absolute atomic E-state index is 12.8. The molecule has 1 aromatic rings. The number of hydrogen-bond donors (Lipinski definition) is 2. The molecule has 0 spiro atoms. The van der Waals surface area contributed by atoms with Crippen LogP contribution >= 0.6 is 0 Å². The minimum atomic E-state index is -4.80. The lowest BCUT2D eigenvalue weighted by molar-refractivity contribution is -0.137. The number of alkyl halides is 3. The van der Waals surface area contributed by atoms with Gasteiger partial charge in [0.05, 0.1) is 22.1 Å². The van der Waals surface area contributed by atoms with E-state index in [1.54, 1.807) is 6.92 Å². The Bertz CT molecular complexity index is 666. The molecule has 0 aliphatic heterocycles. The van der Waals surface area contributed by atoms with Crippen LogP contribution in [0.15, 0.2) is 23.1 Å². The maximum Gasteiger partial charge on any atom is 0.417 e. The number of nitriles is 1. The van der Waals surface area contributed by atoms with Crippen molar-refractivity contribution in [3.63, 3.8) is 0 Å². The molecule has 122 valence electrons. The standard InChI is InChI=1S/C13H16F3N3O2S/c1-3-18-9(2)8-19-22(20,21)11-5-4-10(7-17)12(6-11)13(14,15)16/h4-6,9,18-19H,3,8H2,1-2H3/t9-/m1/s1. The Kier molecular flexibility index (Phi) is 5.93. The number of likely N-dealkylation sites (N-methyl/N-ethyl adjacent to an activating group) is 1. The first kappa shape index (κ1) is 18.4. The van der Waals surface area contributed by atoms with Crippen LogP contribution in [0.2, 0.25) is 0 Å². The van der Waals surface area contributed by atoms with Gasteiger partial charge in [0.15, 0.2) is 0 Å². The predicted molar refractivity (Wildman–Crippen MR) is 74.5 cm³/mol. The van der Waals surface area contributed by atoms with E-state index in [1.807, 2.05) is 6.92 Å². The van der Waals surface area contributed by atoms with Gasteiger partial charge in [0.2, 0.25) is 10.0 Å². The van der Waals surface area contributed by atoms with Crippen LogP contribution in [0.3, 0.4) is 0 Å². The smallest absolute Gasteiger partial charge is 0.313 e. The monoisotopic (exact) mass is 335 g/mol. The van der Waals surface area contributed by atoms with Crippen molar-refractivity contribution in [1.82, 2.24) is 10.0 Å². The highest BCUT2D eigenvalue weighted by molar-refractivity contribution is 7.89. The molecular formula is C13H16F3N3O2S. The van der Waals surface area contributed by atoms with Gasteiger partial charge in [0.1, 0.15) is 0 Å². The molecule has 0 saturated carbocycles. The van der Waals surface area contributed by atoms with Crippen LogP contribution in [-0.4, -0.2) is 27.5 Å². The highest BCUT2D eigenvalue weighted by Gasteiger charge is 2.35. The molecule has 0 aliphatic rings. The van der Waals surface area contributed by atoms with Crippen LogP contribution in [0.1, 0.15) is 25.0 Å². The fraction of sp³-hybridized carbons (Fsp3) is 0.462. The molecule has 0 bridgehead atoms. The van der Waals surface area contributed by atoms with E-state index in [-0.39, 0.29) is 12.6 Å². The molecule has 1 rings (SSSR count). The lowest BCUT2D eigenvalue weighted by atomic mass is 10.1. The molecule has 0 saturated heterocycles. The second-order valence-electron chi connectivity index (χ2n) is 4.63. The van der Waals surface area contributed by atoms with Crippen LogP contribution in [0.4, 0.5) is 13.2 Å². The third-order valence-corrected chi connectivity index (χ3v) is 4.28. The summed E-state index contributed by atoms with van der Waals surface area (Å²) in [5, 5.41) is 11.7. The summed E-state index contributed by atoms with van der Waals surface area (Å²) in [5.41, 5.74) is -1.88. The van der Waals surface area contributed by atoms with Gasteiger partial charge in [0.25, 0.3) is 0 Å². The topological polar surface area (TPSA) is 82.0 Å². The Hall–Kier alpha value is -1.63. The summed E-state index contributed by atoms with van der Waals surface area (Å²) in [6.45, 7) is 4.27. The lowest BCUT2D eigenvalue weighted by Crippen LogP contribution is -2.38. The summed E-state index contributed by atoms with van der Waals surface area (Å²) >= 11 is 0. The van der Waals surface area contributed by atoms with Crippen molar-refractivity contribution < 1.29 is 21.6 Å². The molecule has 2 N–H and O–H groups in total. The molecule has 1 aromatic carbocycles.